The molecule has 1 amide bonds. The van der Waals surface area contributed by atoms with Crippen molar-refractivity contribution in [3.8, 4) is 0 Å². The molecule has 0 aromatic heterocycles. The largest absolute Gasteiger partial charge is 0.383 e. The van der Waals surface area contributed by atoms with Gasteiger partial charge in [-0.1, -0.05) is 15.9 Å². The van der Waals surface area contributed by atoms with Gasteiger partial charge in [-0.25, -0.2) is 8.78 Å². The van der Waals surface area contributed by atoms with E-state index in [-0.39, 0.29) is 6.61 Å². The number of ether oxygens (including phenoxy) is 1. The van der Waals surface area contributed by atoms with E-state index in [0.29, 0.717) is 23.9 Å². The van der Waals surface area contributed by atoms with Crippen LogP contribution in [0.4, 0.5) is 14.5 Å². The number of carbonyl (C=O) groups is 1. The van der Waals surface area contributed by atoms with Crippen LogP contribution < -0.4 is 5.32 Å². The van der Waals surface area contributed by atoms with Crippen LogP contribution in [0, 0.1) is 21.7 Å². The zero-order valence-electron chi connectivity index (χ0n) is 11.1. The van der Waals surface area contributed by atoms with Crippen molar-refractivity contribution in [3.05, 3.63) is 39.4 Å². The number of nitrogens with one attached hydrogen (secondary N) is 1. The summed E-state index contributed by atoms with van der Waals surface area (Å²) in [5.74, 6) is -3.56. The Morgan fingerprint density at radius 1 is 1.48 bits per heavy atom. The van der Waals surface area contributed by atoms with Gasteiger partial charge < -0.3 is 10.1 Å². The third-order valence-corrected chi connectivity index (χ3v) is 3.10. The Bertz CT molecular complexity index is 536. The highest BCUT2D eigenvalue weighted by Gasteiger charge is 2.25. The summed E-state index contributed by atoms with van der Waals surface area (Å²) in [5, 5.41) is 13.9. The number of alkyl halides is 1. The van der Waals surface area contributed by atoms with Gasteiger partial charge >= 0.3 is 0 Å². The van der Waals surface area contributed by atoms with E-state index in [9.17, 15) is 23.7 Å². The Morgan fingerprint density at radius 2 is 2.10 bits per heavy atom. The molecule has 0 spiro atoms. The summed E-state index contributed by atoms with van der Waals surface area (Å²) in [7, 11) is 1.44. The molecule has 1 atom stereocenters. The topological polar surface area (TPSA) is 81.5 Å². The molecule has 0 radical (unpaired) electrons. The summed E-state index contributed by atoms with van der Waals surface area (Å²) < 4.78 is 31.2. The fourth-order valence-electron chi connectivity index (χ4n) is 1.66. The number of methoxy groups -OCH3 is 1. The van der Waals surface area contributed by atoms with Crippen molar-refractivity contribution >= 4 is 27.5 Å². The van der Waals surface area contributed by atoms with Crippen LogP contribution in [0.25, 0.3) is 0 Å². The monoisotopic (exact) mass is 366 g/mol. The van der Waals surface area contributed by atoms with Gasteiger partial charge in [0.1, 0.15) is 5.56 Å². The summed E-state index contributed by atoms with van der Waals surface area (Å²) >= 11 is 3.20. The first kappa shape index (κ1) is 17.4. The van der Waals surface area contributed by atoms with E-state index in [1.165, 1.54) is 7.11 Å². The van der Waals surface area contributed by atoms with Crippen molar-refractivity contribution in [2.75, 3.05) is 19.0 Å². The average Bonchev–Trinajstić information content (AvgIpc) is 2.41. The summed E-state index contributed by atoms with van der Waals surface area (Å²) in [5.41, 5.74) is -1.32. The number of nitrogens with zero attached hydrogens (tertiary/aromatic N) is 1. The molecule has 0 fully saturated rings. The maximum atomic E-state index is 13.2. The SMILES string of the molecule is COCC(CCBr)NC(=O)c1cc(F)c(F)cc1[N+](=O)[O-]. The van der Waals surface area contributed by atoms with Crippen LogP contribution in [0.1, 0.15) is 16.8 Å². The molecular weight excluding hydrogens is 354 g/mol. The van der Waals surface area contributed by atoms with Crippen molar-refractivity contribution in [2.45, 2.75) is 12.5 Å². The first-order chi connectivity index (χ1) is 9.90. The van der Waals surface area contributed by atoms with Gasteiger partial charge in [0, 0.05) is 12.4 Å². The number of benzene rings is 1. The molecule has 9 heteroatoms. The number of amides is 1. The fraction of sp³-hybridized carbons (Fsp3) is 0.417. The Morgan fingerprint density at radius 3 is 2.62 bits per heavy atom. The van der Waals surface area contributed by atoms with Gasteiger partial charge in [-0.2, -0.15) is 0 Å². The second kappa shape index (κ2) is 7.99. The third kappa shape index (κ3) is 4.71. The quantitative estimate of drug-likeness (QED) is 0.456. The van der Waals surface area contributed by atoms with Crippen LogP contribution in [-0.2, 0) is 4.74 Å². The molecular formula is C12H13BrF2N2O4. The molecule has 1 N–H and O–H groups in total. The van der Waals surface area contributed by atoms with Crippen LogP contribution in [0.2, 0.25) is 0 Å². The van der Waals surface area contributed by atoms with E-state index in [0.717, 1.165) is 0 Å². The molecule has 0 aliphatic rings. The lowest BCUT2D eigenvalue weighted by Gasteiger charge is -2.16. The summed E-state index contributed by atoms with van der Waals surface area (Å²) in [6.45, 7) is 0.189. The Kier molecular flexibility index (Phi) is 6.63. The van der Waals surface area contributed by atoms with E-state index >= 15 is 0 Å². The number of hydrogen-bond donors (Lipinski definition) is 1. The molecule has 1 rings (SSSR count). The van der Waals surface area contributed by atoms with E-state index < -0.39 is 39.8 Å². The van der Waals surface area contributed by atoms with Gasteiger partial charge in [0.2, 0.25) is 0 Å². The molecule has 0 heterocycles. The first-order valence-corrected chi connectivity index (χ1v) is 7.02. The van der Waals surface area contributed by atoms with Crippen molar-refractivity contribution < 1.29 is 23.2 Å². The van der Waals surface area contributed by atoms with Crippen LogP contribution >= 0.6 is 15.9 Å². The molecule has 0 saturated carbocycles. The second-order valence-electron chi connectivity index (χ2n) is 4.14. The Balaban J connectivity index is 3.05. The molecule has 1 unspecified atom stereocenters. The van der Waals surface area contributed by atoms with Crippen LogP contribution in [0.3, 0.4) is 0 Å². The molecule has 0 aliphatic heterocycles. The summed E-state index contributed by atoms with van der Waals surface area (Å²) in [6.07, 6.45) is 0.511. The minimum absolute atomic E-state index is 0.189. The molecule has 0 saturated heterocycles. The highest BCUT2D eigenvalue weighted by atomic mass is 79.9. The van der Waals surface area contributed by atoms with Crippen molar-refractivity contribution in [2.24, 2.45) is 0 Å². The molecule has 1 aromatic rings. The summed E-state index contributed by atoms with van der Waals surface area (Å²) in [4.78, 5) is 21.9. The van der Waals surface area contributed by atoms with Gasteiger partial charge in [-0.05, 0) is 12.5 Å². The zero-order chi connectivity index (χ0) is 16.0. The molecule has 6 nitrogen and oxygen atoms in total. The van der Waals surface area contributed by atoms with Crippen LogP contribution in [-0.4, -0.2) is 35.9 Å². The summed E-state index contributed by atoms with van der Waals surface area (Å²) in [6, 6.07) is 0.496. The first-order valence-electron chi connectivity index (χ1n) is 5.89. The van der Waals surface area contributed by atoms with Gasteiger partial charge in [-0.15, -0.1) is 0 Å². The minimum atomic E-state index is -1.38. The predicted octanol–water partition coefficient (Wildman–Crippen LogP) is 2.40. The number of halogens is 3. The van der Waals surface area contributed by atoms with E-state index in [1.54, 1.807) is 0 Å². The number of carbonyl (C=O) groups excluding carboxylic acids is 1. The molecule has 116 valence electrons. The predicted molar refractivity (Wildman–Crippen MR) is 74.6 cm³/mol. The van der Waals surface area contributed by atoms with Gasteiger partial charge in [0.25, 0.3) is 11.6 Å². The Labute approximate surface area is 127 Å². The van der Waals surface area contributed by atoms with Crippen molar-refractivity contribution in [3.63, 3.8) is 0 Å². The normalized spacial score (nSPS) is 12.0. The maximum Gasteiger partial charge on any atom is 0.285 e. The van der Waals surface area contributed by atoms with E-state index in [2.05, 4.69) is 21.2 Å². The standard InChI is InChI=1S/C12H13BrF2N2O4/c1-21-6-7(2-3-13)16-12(18)8-4-9(14)10(15)5-11(8)17(19)20/h4-5,7H,2-3,6H2,1H3,(H,16,18). The lowest BCUT2D eigenvalue weighted by atomic mass is 10.1. The Hall–Kier alpha value is -1.61. The van der Waals surface area contributed by atoms with E-state index in [4.69, 9.17) is 4.74 Å². The highest BCUT2D eigenvalue weighted by molar-refractivity contribution is 9.09. The smallest absolute Gasteiger partial charge is 0.285 e. The van der Waals surface area contributed by atoms with Crippen molar-refractivity contribution in [1.82, 2.24) is 5.32 Å². The highest BCUT2D eigenvalue weighted by Crippen LogP contribution is 2.22. The minimum Gasteiger partial charge on any atom is -0.383 e. The molecule has 21 heavy (non-hydrogen) atoms. The maximum absolute atomic E-state index is 13.2. The average molecular weight is 367 g/mol. The van der Waals surface area contributed by atoms with Gasteiger partial charge in [0.15, 0.2) is 11.6 Å². The second-order valence-corrected chi connectivity index (χ2v) is 4.94. The molecule has 0 aliphatic carbocycles. The van der Waals surface area contributed by atoms with E-state index in [1.807, 2.05) is 0 Å². The number of hydrogen-bond acceptors (Lipinski definition) is 4. The van der Waals surface area contributed by atoms with Crippen LogP contribution in [0.5, 0.6) is 0 Å². The van der Waals surface area contributed by atoms with Crippen LogP contribution in [0.15, 0.2) is 12.1 Å². The lowest BCUT2D eigenvalue weighted by molar-refractivity contribution is -0.385. The van der Waals surface area contributed by atoms with Gasteiger partial charge in [-0.3, -0.25) is 14.9 Å². The van der Waals surface area contributed by atoms with Crippen molar-refractivity contribution in [1.29, 1.82) is 0 Å². The third-order valence-electron chi connectivity index (χ3n) is 2.64. The number of nitro benzene ring substituents is 1. The number of rotatable bonds is 7. The van der Waals surface area contributed by atoms with Gasteiger partial charge in [0.05, 0.1) is 23.6 Å². The lowest BCUT2D eigenvalue weighted by Crippen LogP contribution is -2.38. The number of nitro groups is 1. The zero-order valence-corrected chi connectivity index (χ0v) is 12.7. The molecule has 1 aromatic carbocycles. The molecule has 0 bridgehead atoms. The fourth-order valence-corrected chi connectivity index (χ4v) is 2.22.